The van der Waals surface area contributed by atoms with Crippen LogP contribution in [0.1, 0.15) is 60.9 Å². The molecule has 0 atom stereocenters. The first kappa shape index (κ1) is 20.1. The van der Waals surface area contributed by atoms with Crippen molar-refractivity contribution in [2.24, 2.45) is 0 Å². The van der Waals surface area contributed by atoms with E-state index in [1.807, 2.05) is 24.3 Å². The summed E-state index contributed by atoms with van der Waals surface area (Å²) in [5.41, 5.74) is 2.04. The molecule has 1 heterocycles. The first-order chi connectivity index (χ1) is 12.9. The van der Waals surface area contributed by atoms with Gasteiger partial charge in [0, 0.05) is 17.3 Å². The number of anilines is 1. The molecule has 1 aliphatic heterocycles. The lowest BCUT2D eigenvalue weighted by atomic mass is 9.87. The smallest absolute Gasteiger partial charge is 0.269 e. The molecule has 0 fully saturated rings. The number of hydrogen-bond acceptors (Lipinski definition) is 4. The number of rotatable bonds is 3. The lowest BCUT2D eigenvalue weighted by Crippen LogP contribution is -2.36. The Kier molecular flexibility index (Phi) is 4.83. The topological polar surface area (TPSA) is 83.6 Å². The third-order valence-corrected chi connectivity index (χ3v) is 6.69. The van der Waals surface area contributed by atoms with E-state index in [4.69, 9.17) is 0 Å². The van der Waals surface area contributed by atoms with Crippen molar-refractivity contribution in [1.82, 2.24) is 4.31 Å². The molecule has 2 aromatic carbocycles. The highest BCUT2D eigenvalue weighted by molar-refractivity contribution is 7.90. The minimum atomic E-state index is -3.94. The van der Waals surface area contributed by atoms with Crippen LogP contribution in [0.2, 0.25) is 0 Å². The molecule has 148 valence electrons. The fourth-order valence-corrected chi connectivity index (χ4v) is 4.95. The number of fused-ring (bicyclic) bond motifs is 1. The number of nitrogens with one attached hydrogen (secondary N) is 1. The number of amides is 2. The summed E-state index contributed by atoms with van der Waals surface area (Å²) in [6, 6.07) is 11.2. The lowest BCUT2D eigenvalue weighted by molar-refractivity contribution is 0.0846. The van der Waals surface area contributed by atoms with Gasteiger partial charge in [0.05, 0.1) is 5.56 Å². The maximum absolute atomic E-state index is 12.7. The van der Waals surface area contributed by atoms with Crippen LogP contribution < -0.4 is 5.32 Å². The van der Waals surface area contributed by atoms with E-state index in [9.17, 15) is 18.0 Å². The summed E-state index contributed by atoms with van der Waals surface area (Å²) >= 11 is 0. The predicted molar refractivity (Wildman–Crippen MR) is 108 cm³/mol. The van der Waals surface area contributed by atoms with Gasteiger partial charge in [-0.15, -0.1) is 0 Å². The van der Waals surface area contributed by atoms with E-state index in [1.54, 1.807) is 13.8 Å². The van der Waals surface area contributed by atoms with Crippen molar-refractivity contribution in [3.8, 4) is 0 Å². The summed E-state index contributed by atoms with van der Waals surface area (Å²) in [6.45, 7) is 9.58. The largest absolute Gasteiger partial charge is 0.322 e. The second-order valence-electron chi connectivity index (χ2n) is 8.19. The van der Waals surface area contributed by atoms with Crippen LogP contribution in [-0.2, 0) is 15.4 Å². The van der Waals surface area contributed by atoms with Crippen LogP contribution in [0.3, 0.4) is 0 Å². The van der Waals surface area contributed by atoms with Gasteiger partial charge in [0.25, 0.3) is 21.8 Å². The summed E-state index contributed by atoms with van der Waals surface area (Å²) in [5.74, 6) is -0.994. The Balaban J connectivity index is 1.88. The molecule has 2 aromatic rings. The van der Waals surface area contributed by atoms with E-state index in [1.165, 1.54) is 18.2 Å². The van der Waals surface area contributed by atoms with Gasteiger partial charge in [-0.25, -0.2) is 12.7 Å². The molecular weight excluding hydrogens is 376 g/mol. The van der Waals surface area contributed by atoms with E-state index in [0.717, 1.165) is 9.87 Å². The van der Waals surface area contributed by atoms with Crippen LogP contribution in [0.25, 0.3) is 0 Å². The maximum Gasteiger partial charge on any atom is 0.269 e. The van der Waals surface area contributed by atoms with Crippen LogP contribution in [0.4, 0.5) is 5.69 Å². The average Bonchev–Trinajstić information content (AvgIpc) is 2.80. The Morgan fingerprint density at radius 2 is 1.64 bits per heavy atom. The van der Waals surface area contributed by atoms with E-state index in [0.29, 0.717) is 5.69 Å². The normalized spacial score (nSPS) is 15.6. The molecule has 2 amide bonds. The quantitative estimate of drug-likeness (QED) is 0.850. The summed E-state index contributed by atoms with van der Waals surface area (Å²) in [6.07, 6.45) is 0. The van der Waals surface area contributed by atoms with Crippen molar-refractivity contribution in [3.63, 3.8) is 0 Å². The van der Waals surface area contributed by atoms with Crippen LogP contribution in [-0.4, -0.2) is 30.6 Å². The minimum Gasteiger partial charge on any atom is -0.322 e. The predicted octanol–water partition coefficient (Wildman–Crippen LogP) is 3.79. The molecule has 0 aliphatic carbocycles. The Hall–Kier alpha value is -2.67. The van der Waals surface area contributed by atoms with Crippen LogP contribution in [0.5, 0.6) is 0 Å². The molecule has 0 saturated carbocycles. The van der Waals surface area contributed by atoms with Crippen molar-refractivity contribution in [2.45, 2.75) is 51.0 Å². The zero-order chi connectivity index (χ0) is 20.9. The third-order valence-electron chi connectivity index (χ3n) is 4.69. The fraction of sp³-hybridized carbons (Fsp3) is 0.333. The molecule has 0 bridgehead atoms. The zero-order valence-electron chi connectivity index (χ0n) is 16.6. The monoisotopic (exact) mass is 400 g/mol. The Bertz CT molecular complexity index is 1050. The second kappa shape index (κ2) is 6.74. The first-order valence-corrected chi connectivity index (χ1v) is 10.5. The molecular formula is C21H24N2O4S. The Morgan fingerprint density at radius 3 is 2.18 bits per heavy atom. The highest BCUT2D eigenvalue weighted by atomic mass is 32.2. The SMILES string of the molecule is CC(C)N1C(=O)c2ccc(C(=O)Nc3ccc(C(C)(C)C)cc3)cc2S1(=O)=O. The molecule has 0 aromatic heterocycles. The van der Waals surface area contributed by atoms with Gasteiger partial charge in [-0.1, -0.05) is 32.9 Å². The Labute approximate surface area is 165 Å². The molecule has 7 heteroatoms. The van der Waals surface area contributed by atoms with E-state index in [-0.39, 0.29) is 21.4 Å². The van der Waals surface area contributed by atoms with Crippen molar-refractivity contribution < 1.29 is 18.0 Å². The molecule has 3 rings (SSSR count). The number of sulfonamides is 1. The average molecular weight is 401 g/mol. The Morgan fingerprint density at radius 1 is 1.04 bits per heavy atom. The molecule has 0 unspecified atom stereocenters. The summed E-state index contributed by atoms with van der Waals surface area (Å²) in [4.78, 5) is 24.9. The van der Waals surface area contributed by atoms with Gasteiger partial charge in [0.1, 0.15) is 4.90 Å². The van der Waals surface area contributed by atoms with Crippen LogP contribution in [0, 0.1) is 0 Å². The molecule has 28 heavy (non-hydrogen) atoms. The number of carbonyl (C=O) groups is 2. The van der Waals surface area contributed by atoms with Gasteiger partial charge < -0.3 is 5.32 Å². The highest BCUT2D eigenvalue weighted by Gasteiger charge is 2.42. The summed E-state index contributed by atoms with van der Waals surface area (Å²) in [5, 5.41) is 2.77. The number of carbonyl (C=O) groups excluding carboxylic acids is 2. The van der Waals surface area contributed by atoms with Crippen molar-refractivity contribution in [2.75, 3.05) is 5.32 Å². The molecule has 1 aliphatic rings. The van der Waals surface area contributed by atoms with Gasteiger partial charge >= 0.3 is 0 Å². The molecule has 0 radical (unpaired) electrons. The first-order valence-electron chi connectivity index (χ1n) is 9.07. The van der Waals surface area contributed by atoms with E-state index >= 15 is 0 Å². The lowest BCUT2D eigenvalue weighted by Gasteiger charge is -2.19. The van der Waals surface area contributed by atoms with E-state index < -0.39 is 27.9 Å². The van der Waals surface area contributed by atoms with Crippen molar-refractivity contribution in [3.05, 3.63) is 59.2 Å². The van der Waals surface area contributed by atoms with Gasteiger partial charge in [0.2, 0.25) is 0 Å². The molecule has 1 N–H and O–H groups in total. The van der Waals surface area contributed by atoms with Gasteiger partial charge in [0.15, 0.2) is 0 Å². The van der Waals surface area contributed by atoms with E-state index in [2.05, 4.69) is 26.1 Å². The van der Waals surface area contributed by atoms with Gasteiger partial charge in [-0.2, -0.15) is 0 Å². The van der Waals surface area contributed by atoms with Crippen molar-refractivity contribution >= 4 is 27.5 Å². The zero-order valence-corrected chi connectivity index (χ0v) is 17.4. The van der Waals surface area contributed by atoms with Crippen molar-refractivity contribution in [1.29, 1.82) is 0 Å². The summed E-state index contributed by atoms with van der Waals surface area (Å²) < 4.78 is 26.2. The molecule has 6 nitrogen and oxygen atoms in total. The number of nitrogens with zero attached hydrogens (tertiary/aromatic N) is 1. The van der Waals surface area contributed by atoms with Crippen LogP contribution >= 0.6 is 0 Å². The minimum absolute atomic E-state index is 0.00566. The molecule has 0 saturated heterocycles. The van der Waals surface area contributed by atoms with Gasteiger partial charge in [-0.3, -0.25) is 9.59 Å². The van der Waals surface area contributed by atoms with Gasteiger partial charge in [-0.05, 0) is 55.2 Å². The molecule has 0 spiro atoms. The highest BCUT2D eigenvalue weighted by Crippen LogP contribution is 2.32. The summed E-state index contributed by atoms with van der Waals surface area (Å²) in [7, 11) is -3.94. The second-order valence-corrected chi connectivity index (χ2v) is 9.98. The number of benzene rings is 2. The fourth-order valence-electron chi connectivity index (χ4n) is 3.16. The van der Waals surface area contributed by atoms with Crippen LogP contribution in [0.15, 0.2) is 47.4 Å². The third kappa shape index (κ3) is 3.42. The number of hydrogen-bond donors (Lipinski definition) is 1. The maximum atomic E-state index is 12.7. The standard InChI is InChI=1S/C21H24N2O4S/c1-13(2)23-20(25)17-11-6-14(12-18(17)28(23,26)27)19(24)22-16-9-7-15(8-10-16)21(3,4)5/h6-13H,1-5H3,(H,22,24).